The highest BCUT2D eigenvalue weighted by Gasteiger charge is 2.38. The lowest BCUT2D eigenvalue weighted by Crippen LogP contribution is -2.06. The minimum Gasteiger partial charge on any atom is -0.382 e. The summed E-state index contributed by atoms with van der Waals surface area (Å²) in [6, 6.07) is 18.0. The Morgan fingerprint density at radius 1 is 1.05 bits per heavy atom. The predicted molar refractivity (Wildman–Crippen MR) is 85.4 cm³/mol. The second-order valence-electron chi connectivity index (χ2n) is 5.43. The molecule has 1 aliphatic rings. The van der Waals surface area contributed by atoms with Crippen molar-refractivity contribution >= 4 is 15.5 Å². The van der Waals surface area contributed by atoms with Gasteiger partial charge < -0.3 is 5.32 Å². The minimum absolute atomic E-state index is 0.137. The van der Waals surface area contributed by atoms with Crippen LogP contribution in [0.2, 0.25) is 0 Å². The van der Waals surface area contributed by atoms with Gasteiger partial charge in [0.05, 0.1) is 10.6 Å². The predicted octanol–water partition coefficient (Wildman–Crippen LogP) is 3.45. The van der Waals surface area contributed by atoms with E-state index < -0.39 is 9.84 Å². The summed E-state index contributed by atoms with van der Waals surface area (Å²) in [5.41, 5.74) is 2.34. The zero-order chi connectivity index (χ0) is 14.9. The molecule has 1 fully saturated rings. The highest BCUT2D eigenvalue weighted by atomic mass is 32.2. The highest BCUT2D eigenvalue weighted by molar-refractivity contribution is 7.91. The van der Waals surface area contributed by atoms with E-state index in [9.17, 15) is 8.42 Å². The number of hydrogen-bond donors (Lipinski definition) is 1. The van der Waals surface area contributed by atoms with Gasteiger partial charge in [0, 0.05) is 17.6 Å². The quantitative estimate of drug-likeness (QED) is 0.920. The maximum Gasteiger partial charge on any atom is 0.178 e. The van der Waals surface area contributed by atoms with Gasteiger partial charge in [-0.3, -0.25) is 0 Å². The lowest BCUT2D eigenvalue weighted by Gasteiger charge is -2.07. The van der Waals surface area contributed by atoms with Crippen LogP contribution < -0.4 is 5.32 Å². The molecule has 2 atom stereocenters. The molecule has 1 N–H and O–H groups in total. The van der Waals surface area contributed by atoms with Gasteiger partial charge in [-0.05, 0) is 36.2 Å². The third-order valence-electron chi connectivity index (χ3n) is 3.96. The summed E-state index contributed by atoms with van der Waals surface area (Å²) in [7, 11) is -3.11. The molecule has 110 valence electrons. The fraction of sp³-hybridized carbons (Fsp3) is 0.294. The molecule has 0 aromatic heterocycles. The van der Waals surface area contributed by atoms with Crippen molar-refractivity contribution in [3.8, 4) is 0 Å². The van der Waals surface area contributed by atoms with Gasteiger partial charge in [0.1, 0.15) is 0 Å². The minimum atomic E-state index is -3.11. The molecule has 21 heavy (non-hydrogen) atoms. The van der Waals surface area contributed by atoms with E-state index >= 15 is 0 Å². The molecule has 2 aromatic rings. The Morgan fingerprint density at radius 3 is 2.33 bits per heavy atom. The summed E-state index contributed by atoms with van der Waals surface area (Å²) in [6.45, 7) is 1.66. The summed E-state index contributed by atoms with van der Waals surface area (Å²) >= 11 is 0. The van der Waals surface area contributed by atoms with E-state index in [-0.39, 0.29) is 5.75 Å². The maximum absolute atomic E-state index is 11.8. The molecule has 0 amide bonds. The average Bonchev–Trinajstić information content (AvgIpc) is 3.28. The third kappa shape index (κ3) is 3.10. The van der Waals surface area contributed by atoms with Gasteiger partial charge in [-0.1, -0.05) is 37.3 Å². The normalized spacial score (nSPS) is 21.0. The fourth-order valence-electron chi connectivity index (χ4n) is 2.56. The van der Waals surface area contributed by atoms with Crippen LogP contribution in [-0.4, -0.2) is 20.2 Å². The molecule has 4 heteroatoms. The Balaban J connectivity index is 1.65. The van der Waals surface area contributed by atoms with Gasteiger partial charge in [-0.25, -0.2) is 8.42 Å². The molecular weight excluding hydrogens is 282 g/mol. The molecule has 3 rings (SSSR count). The van der Waals surface area contributed by atoms with Gasteiger partial charge in [0.25, 0.3) is 0 Å². The van der Waals surface area contributed by atoms with Crippen LogP contribution in [0.1, 0.15) is 24.8 Å². The maximum atomic E-state index is 11.8. The number of benzene rings is 2. The zero-order valence-corrected chi connectivity index (χ0v) is 12.8. The first kappa shape index (κ1) is 14.1. The van der Waals surface area contributed by atoms with Crippen molar-refractivity contribution < 1.29 is 8.42 Å². The lowest BCUT2D eigenvalue weighted by molar-refractivity contribution is 0.597. The summed E-state index contributed by atoms with van der Waals surface area (Å²) in [6.07, 6.45) is 1.12. The van der Waals surface area contributed by atoms with Crippen molar-refractivity contribution in [2.24, 2.45) is 0 Å². The molecule has 0 radical (unpaired) electrons. The van der Waals surface area contributed by atoms with E-state index in [0.717, 1.165) is 12.1 Å². The summed E-state index contributed by atoms with van der Waals surface area (Å²) < 4.78 is 23.5. The van der Waals surface area contributed by atoms with Crippen molar-refractivity contribution in [2.45, 2.75) is 30.2 Å². The van der Waals surface area contributed by atoms with Crippen LogP contribution in [0.25, 0.3) is 0 Å². The number of anilines is 1. The molecule has 1 aliphatic carbocycles. The molecule has 0 bridgehead atoms. The average molecular weight is 301 g/mol. The SMILES string of the molecule is CCS(=O)(=O)c1ccc(NC2CC2c2ccccc2)cc1. The first-order chi connectivity index (χ1) is 10.1. The summed E-state index contributed by atoms with van der Waals surface area (Å²) in [5.74, 6) is 0.698. The van der Waals surface area contributed by atoms with Crippen LogP contribution in [0.15, 0.2) is 59.5 Å². The van der Waals surface area contributed by atoms with E-state index in [1.165, 1.54) is 5.56 Å². The Morgan fingerprint density at radius 2 is 1.71 bits per heavy atom. The van der Waals surface area contributed by atoms with Crippen molar-refractivity contribution in [3.63, 3.8) is 0 Å². The number of hydrogen-bond acceptors (Lipinski definition) is 3. The van der Waals surface area contributed by atoms with Crippen LogP contribution in [0, 0.1) is 0 Å². The van der Waals surface area contributed by atoms with Gasteiger partial charge in [-0.2, -0.15) is 0 Å². The van der Waals surface area contributed by atoms with E-state index in [1.807, 2.05) is 18.2 Å². The largest absolute Gasteiger partial charge is 0.382 e. The van der Waals surface area contributed by atoms with Gasteiger partial charge in [0.2, 0.25) is 0 Å². The summed E-state index contributed by atoms with van der Waals surface area (Å²) in [5, 5.41) is 3.47. The lowest BCUT2D eigenvalue weighted by atomic mass is 10.1. The fourth-order valence-corrected chi connectivity index (χ4v) is 3.45. The van der Waals surface area contributed by atoms with E-state index in [2.05, 4.69) is 29.6 Å². The molecule has 0 heterocycles. The number of sulfone groups is 1. The molecule has 2 aromatic carbocycles. The van der Waals surface area contributed by atoms with Crippen LogP contribution >= 0.6 is 0 Å². The van der Waals surface area contributed by atoms with Gasteiger partial charge >= 0.3 is 0 Å². The van der Waals surface area contributed by atoms with Crippen molar-refractivity contribution in [1.82, 2.24) is 0 Å². The van der Waals surface area contributed by atoms with Crippen molar-refractivity contribution in [1.29, 1.82) is 0 Å². The molecule has 0 spiro atoms. The van der Waals surface area contributed by atoms with E-state index in [4.69, 9.17) is 0 Å². The van der Waals surface area contributed by atoms with Crippen LogP contribution in [0.4, 0.5) is 5.69 Å². The Hall–Kier alpha value is -1.81. The Kier molecular flexibility index (Phi) is 3.72. The van der Waals surface area contributed by atoms with E-state index in [1.54, 1.807) is 19.1 Å². The van der Waals surface area contributed by atoms with Crippen LogP contribution in [0.3, 0.4) is 0 Å². The standard InChI is InChI=1S/C17H19NO2S/c1-2-21(19,20)15-10-8-14(9-11-15)18-17-12-16(17)13-6-4-3-5-7-13/h3-11,16-18H,2,12H2,1H3. The Labute approximate surface area is 125 Å². The molecular formula is C17H19NO2S. The molecule has 0 aliphatic heterocycles. The van der Waals surface area contributed by atoms with Gasteiger partial charge in [-0.15, -0.1) is 0 Å². The second-order valence-corrected chi connectivity index (χ2v) is 7.71. The van der Waals surface area contributed by atoms with Crippen molar-refractivity contribution in [3.05, 3.63) is 60.2 Å². The molecule has 3 nitrogen and oxygen atoms in total. The van der Waals surface area contributed by atoms with Crippen LogP contribution in [0.5, 0.6) is 0 Å². The summed E-state index contributed by atoms with van der Waals surface area (Å²) in [4.78, 5) is 0.394. The highest BCUT2D eigenvalue weighted by Crippen LogP contribution is 2.42. The third-order valence-corrected chi connectivity index (χ3v) is 5.71. The number of nitrogens with one attached hydrogen (secondary N) is 1. The smallest absolute Gasteiger partial charge is 0.178 e. The second kappa shape index (κ2) is 5.53. The van der Waals surface area contributed by atoms with Crippen molar-refractivity contribution in [2.75, 3.05) is 11.1 Å². The van der Waals surface area contributed by atoms with Crippen LogP contribution in [-0.2, 0) is 9.84 Å². The molecule has 1 saturated carbocycles. The molecule has 0 saturated heterocycles. The first-order valence-corrected chi connectivity index (χ1v) is 8.89. The molecule has 2 unspecified atom stereocenters. The Bertz CT molecular complexity index is 708. The topological polar surface area (TPSA) is 46.2 Å². The zero-order valence-electron chi connectivity index (χ0n) is 12.0. The monoisotopic (exact) mass is 301 g/mol. The first-order valence-electron chi connectivity index (χ1n) is 7.24. The van der Waals surface area contributed by atoms with E-state index in [0.29, 0.717) is 16.9 Å². The van der Waals surface area contributed by atoms with Gasteiger partial charge in [0.15, 0.2) is 9.84 Å². The number of rotatable bonds is 5.